The van der Waals surface area contributed by atoms with E-state index < -0.39 is 0 Å². The van der Waals surface area contributed by atoms with Crippen molar-refractivity contribution in [1.82, 2.24) is 10.2 Å². The van der Waals surface area contributed by atoms with Gasteiger partial charge in [0.25, 0.3) is 0 Å². The van der Waals surface area contributed by atoms with Crippen molar-refractivity contribution in [2.45, 2.75) is 33.1 Å². The Hall–Kier alpha value is -1.88. The van der Waals surface area contributed by atoms with Crippen LogP contribution in [0, 0.1) is 0 Å². The number of nitrogens with one attached hydrogen (secondary N) is 2. The van der Waals surface area contributed by atoms with Gasteiger partial charge in [-0.2, -0.15) is 0 Å². The molecule has 1 aromatic carbocycles. The van der Waals surface area contributed by atoms with Crippen LogP contribution in [0.2, 0.25) is 0 Å². The normalized spacial score (nSPS) is 10.8. The van der Waals surface area contributed by atoms with Gasteiger partial charge in [-0.3, -0.25) is 14.5 Å². The molecule has 0 aliphatic heterocycles. The second kappa shape index (κ2) is 9.20. The minimum absolute atomic E-state index is 0.0558. The fourth-order valence-electron chi connectivity index (χ4n) is 2.17. The minimum atomic E-state index is -0.112. The third-order valence-corrected chi connectivity index (χ3v) is 3.26. The summed E-state index contributed by atoms with van der Waals surface area (Å²) in [5.74, 6) is 0.174. The van der Waals surface area contributed by atoms with E-state index in [9.17, 15) is 9.59 Å². The first-order chi connectivity index (χ1) is 10.4. The standard InChI is InChI=1S/C17H27N3O2/c1-5-10-18-16(21)11-20(4)12-17(22)19-15-9-7-6-8-14(15)13(2)3/h6-9,13H,5,10-12H2,1-4H3,(H,18,21)(H,19,22). The lowest BCUT2D eigenvalue weighted by Gasteiger charge is -2.18. The molecule has 0 aromatic heterocycles. The third-order valence-electron chi connectivity index (χ3n) is 3.26. The highest BCUT2D eigenvalue weighted by molar-refractivity contribution is 5.93. The van der Waals surface area contributed by atoms with E-state index in [1.165, 1.54) is 0 Å². The van der Waals surface area contributed by atoms with Crippen molar-refractivity contribution in [1.29, 1.82) is 0 Å². The number of hydrogen-bond donors (Lipinski definition) is 2. The van der Waals surface area contributed by atoms with Crippen LogP contribution in [0.3, 0.4) is 0 Å². The van der Waals surface area contributed by atoms with Crippen molar-refractivity contribution < 1.29 is 9.59 Å². The molecule has 0 spiro atoms. The summed E-state index contributed by atoms with van der Waals surface area (Å²) in [7, 11) is 1.76. The Kier molecular flexibility index (Phi) is 7.60. The summed E-state index contributed by atoms with van der Waals surface area (Å²) in [5, 5.41) is 5.72. The molecule has 5 heteroatoms. The fraction of sp³-hybridized carbons (Fsp3) is 0.529. The van der Waals surface area contributed by atoms with Gasteiger partial charge in [0, 0.05) is 12.2 Å². The summed E-state index contributed by atoms with van der Waals surface area (Å²) >= 11 is 0. The van der Waals surface area contributed by atoms with Gasteiger partial charge in [-0.05, 0) is 31.0 Å². The molecule has 0 saturated heterocycles. The first-order valence-corrected chi connectivity index (χ1v) is 7.78. The molecule has 1 aromatic rings. The maximum absolute atomic E-state index is 12.1. The second-order valence-corrected chi connectivity index (χ2v) is 5.81. The number of para-hydroxylation sites is 1. The molecule has 0 fully saturated rings. The van der Waals surface area contributed by atoms with Crippen molar-refractivity contribution in [3.8, 4) is 0 Å². The van der Waals surface area contributed by atoms with Gasteiger partial charge < -0.3 is 10.6 Å². The van der Waals surface area contributed by atoms with Crippen LogP contribution in [-0.2, 0) is 9.59 Å². The first-order valence-electron chi connectivity index (χ1n) is 7.78. The lowest BCUT2D eigenvalue weighted by atomic mass is 10.0. The van der Waals surface area contributed by atoms with Crippen LogP contribution in [0.25, 0.3) is 0 Å². The average Bonchev–Trinajstić information content (AvgIpc) is 2.45. The summed E-state index contributed by atoms with van der Waals surface area (Å²) < 4.78 is 0. The summed E-state index contributed by atoms with van der Waals surface area (Å²) in [4.78, 5) is 25.4. The zero-order valence-corrected chi connectivity index (χ0v) is 14.0. The van der Waals surface area contributed by atoms with Gasteiger partial charge in [-0.25, -0.2) is 0 Å². The largest absolute Gasteiger partial charge is 0.355 e. The number of likely N-dealkylation sites (N-methyl/N-ethyl adjacent to an activating group) is 1. The Morgan fingerprint density at radius 3 is 2.41 bits per heavy atom. The molecule has 0 bridgehead atoms. The highest BCUT2D eigenvalue weighted by Crippen LogP contribution is 2.23. The maximum atomic E-state index is 12.1. The zero-order valence-electron chi connectivity index (χ0n) is 14.0. The Morgan fingerprint density at radius 2 is 1.77 bits per heavy atom. The van der Waals surface area contributed by atoms with Gasteiger partial charge in [-0.15, -0.1) is 0 Å². The van der Waals surface area contributed by atoms with Gasteiger partial charge in [0.15, 0.2) is 0 Å². The molecular formula is C17H27N3O2. The number of anilines is 1. The smallest absolute Gasteiger partial charge is 0.238 e. The molecule has 0 aliphatic rings. The molecule has 122 valence electrons. The maximum Gasteiger partial charge on any atom is 0.238 e. The Bertz CT molecular complexity index is 500. The lowest BCUT2D eigenvalue weighted by Crippen LogP contribution is -2.39. The summed E-state index contributed by atoms with van der Waals surface area (Å²) in [5.41, 5.74) is 1.95. The highest BCUT2D eigenvalue weighted by atomic mass is 16.2. The van der Waals surface area contributed by atoms with Crippen molar-refractivity contribution in [2.24, 2.45) is 0 Å². The predicted octanol–water partition coefficient (Wildman–Crippen LogP) is 2.21. The van der Waals surface area contributed by atoms with Gasteiger partial charge in [-0.1, -0.05) is 39.0 Å². The Labute approximate surface area is 133 Å². The first kappa shape index (κ1) is 18.2. The summed E-state index contributed by atoms with van der Waals surface area (Å²) in [6, 6.07) is 7.79. The van der Waals surface area contributed by atoms with Crippen LogP contribution in [0.15, 0.2) is 24.3 Å². The molecule has 0 radical (unpaired) electrons. The van der Waals surface area contributed by atoms with Gasteiger partial charge in [0.05, 0.1) is 13.1 Å². The third kappa shape index (κ3) is 6.26. The van der Waals surface area contributed by atoms with Crippen molar-refractivity contribution in [2.75, 3.05) is 32.0 Å². The van der Waals surface area contributed by atoms with Crippen molar-refractivity contribution in [3.05, 3.63) is 29.8 Å². The number of rotatable bonds is 8. The van der Waals surface area contributed by atoms with Crippen LogP contribution in [0.4, 0.5) is 5.69 Å². The molecule has 0 unspecified atom stereocenters. The predicted molar refractivity (Wildman–Crippen MR) is 90.0 cm³/mol. The number of hydrogen-bond acceptors (Lipinski definition) is 3. The van der Waals surface area contributed by atoms with Gasteiger partial charge in [0.1, 0.15) is 0 Å². The van der Waals surface area contributed by atoms with E-state index in [0.29, 0.717) is 12.5 Å². The number of amides is 2. The van der Waals surface area contributed by atoms with Crippen molar-refractivity contribution in [3.63, 3.8) is 0 Å². The zero-order chi connectivity index (χ0) is 16.5. The van der Waals surface area contributed by atoms with Gasteiger partial charge >= 0.3 is 0 Å². The molecular weight excluding hydrogens is 278 g/mol. The van der Waals surface area contributed by atoms with Crippen molar-refractivity contribution >= 4 is 17.5 Å². The van der Waals surface area contributed by atoms with Crippen LogP contribution in [-0.4, -0.2) is 43.4 Å². The van der Waals surface area contributed by atoms with E-state index in [1.54, 1.807) is 11.9 Å². The molecule has 1 rings (SSSR count). The van der Waals surface area contributed by atoms with E-state index >= 15 is 0 Å². The molecule has 5 nitrogen and oxygen atoms in total. The monoisotopic (exact) mass is 305 g/mol. The van der Waals surface area contributed by atoms with E-state index in [1.807, 2.05) is 31.2 Å². The lowest BCUT2D eigenvalue weighted by molar-refractivity contribution is -0.122. The highest BCUT2D eigenvalue weighted by Gasteiger charge is 2.12. The molecule has 22 heavy (non-hydrogen) atoms. The van der Waals surface area contributed by atoms with Gasteiger partial charge in [0.2, 0.25) is 11.8 Å². The number of nitrogens with zero attached hydrogens (tertiary/aromatic N) is 1. The molecule has 2 N–H and O–H groups in total. The SMILES string of the molecule is CCCNC(=O)CN(C)CC(=O)Nc1ccccc1C(C)C. The fourth-order valence-corrected chi connectivity index (χ4v) is 2.17. The number of carbonyl (C=O) groups is 2. The van der Waals surface area contributed by atoms with E-state index in [0.717, 1.165) is 17.7 Å². The second-order valence-electron chi connectivity index (χ2n) is 5.81. The molecule has 0 aliphatic carbocycles. The van der Waals surface area contributed by atoms with Crippen LogP contribution >= 0.6 is 0 Å². The van der Waals surface area contributed by atoms with E-state index in [4.69, 9.17) is 0 Å². The van der Waals surface area contributed by atoms with Crippen LogP contribution < -0.4 is 10.6 Å². The molecule has 0 heterocycles. The summed E-state index contributed by atoms with van der Waals surface area (Å²) in [6.07, 6.45) is 0.905. The molecule has 2 amide bonds. The number of carbonyl (C=O) groups excluding carboxylic acids is 2. The topological polar surface area (TPSA) is 61.4 Å². The van der Waals surface area contributed by atoms with E-state index in [-0.39, 0.29) is 24.9 Å². The van der Waals surface area contributed by atoms with E-state index in [2.05, 4.69) is 24.5 Å². The Morgan fingerprint density at radius 1 is 1.14 bits per heavy atom. The van der Waals surface area contributed by atoms with Crippen LogP contribution in [0.1, 0.15) is 38.7 Å². The molecule has 0 saturated carbocycles. The number of benzene rings is 1. The average molecular weight is 305 g/mol. The quantitative estimate of drug-likeness (QED) is 0.774. The Balaban J connectivity index is 2.51. The van der Waals surface area contributed by atoms with Crippen LogP contribution in [0.5, 0.6) is 0 Å². The summed E-state index contributed by atoms with van der Waals surface area (Å²) in [6.45, 7) is 7.26. The minimum Gasteiger partial charge on any atom is -0.355 e. The molecule has 0 atom stereocenters.